The van der Waals surface area contributed by atoms with E-state index in [4.69, 9.17) is 12.2 Å². The fourth-order valence-corrected chi connectivity index (χ4v) is 2.81. The summed E-state index contributed by atoms with van der Waals surface area (Å²) >= 11 is 8.89. The van der Waals surface area contributed by atoms with E-state index in [-0.39, 0.29) is 6.04 Å². The monoisotopic (exact) mass is 348 g/mol. The molecule has 0 radical (unpaired) electrons. The maximum atomic E-state index is 5.34. The zero-order valence-corrected chi connectivity index (χ0v) is 13.7. The lowest BCUT2D eigenvalue weighted by atomic mass is 10.1. The standard InChI is InChI=1S/C16H17BrN2S/c1-12(14-9-5-6-10-15(14)17)19-16(20)18-11-13-7-3-2-4-8-13/h2-10,12H,11H2,1H3,(H2,18,19,20)/t12-/m0/s1. The van der Waals surface area contributed by atoms with E-state index in [0.717, 1.165) is 11.0 Å². The second-order valence-electron chi connectivity index (χ2n) is 4.56. The molecule has 0 aromatic heterocycles. The molecular formula is C16H17BrN2S. The summed E-state index contributed by atoms with van der Waals surface area (Å²) in [6.45, 7) is 2.83. The van der Waals surface area contributed by atoms with E-state index in [0.29, 0.717) is 5.11 Å². The predicted octanol–water partition coefficient (Wildman–Crippen LogP) is 4.17. The van der Waals surface area contributed by atoms with Crippen LogP contribution >= 0.6 is 28.1 Å². The van der Waals surface area contributed by atoms with E-state index >= 15 is 0 Å². The number of hydrogen-bond donors (Lipinski definition) is 2. The van der Waals surface area contributed by atoms with Crippen molar-refractivity contribution in [2.24, 2.45) is 0 Å². The van der Waals surface area contributed by atoms with Crippen LogP contribution in [0.5, 0.6) is 0 Å². The lowest BCUT2D eigenvalue weighted by Gasteiger charge is -2.18. The highest BCUT2D eigenvalue weighted by molar-refractivity contribution is 9.10. The molecule has 20 heavy (non-hydrogen) atoms. The highest BCUT2D eigenvalue weighted by Crippen LogP contribution is 2.22. The van der Waals surface area contributed by atoms with Crippen molar-refractivity contribution in [2.45, 2.75) is 19.5 Å². The Labute approximate surface area is 133 Å². The van der Waals surface area contributed by atoms with Crippen LogP contribution in [0, 0.1) is 0 Å². The predicted molar refractivity (Wildman–Crippen MR) is 91.6 cm³/mol. The Morgan fingerprint density at radius 1 is 1.10 bits per heavy atom. The quantitative estimate of drug-likeness (QED) is 0.810. The molecule has 1 atom stereocenters. The van der Waals surface area contributed by atoms with Crippen molar-refractivity contribution < 1.29 is 0 Å². The molecule has 2 rings (SSSR count). The number of halogens is 1. The van der Waals surface area contributed by atoms with Crippen LogP contribution in [0.25, 0.3) is 0 Å². The molecule has 2 N–H and O–H groups in total. The minimum atomic E-state index is 0.154. The lowest BCUT2D eigenvalue weighted by Crippen LogP contribution is -2.36. The normalized spacial score (nSPS) is 11.7. The number of hydrogen-bond acceptors (Lipinski definition) is 1. The van der Waals surface area contributed by atoms with Crippen molar-refractivity contribution >= 4 is 33.3 Å². The van der Waals surface area contributed by atoms with Crippen LogP contribution in [-0.2, 0) is 6.54 Å². The van der Waals surface area contributed by atoms with Gasteiger partial charge in [0.25, 0.3) is 0 Å². The summed E-state index contributed by atoms with van der Waals surface area (Å²) in [5.74, 6) is 0. The Kier molecular flexibility index (Phi) is 5.56. The largest absolute Gasteiger partial charge is 0.359 e. The first-order valence-corrected chi connectivity index (χ1v) is 7.69. The molecule has 0 unspecified atom stereocenters. The van der Waals surface area contributed by atoms with E-state index in [1.165, 1.54) is 11.1 Å². The fourth-order valence-electron chi connectivity index (χ4n) is 1.93. The van der Waals surface area contributed by atoms with Crippen molar-refractivity contribution in [3.05, 3.63) is 70.2 Å². The summed E-state index contributed by atoms with van der Waals surface area (Å²) in [7, 11) is 0. The number of thiocarbonyl (C=S) groups is 1. The van der Waals surface area contributed by atoms with E-state index in [1.54, 1.807) is 0 Å². The van der Waals surface area contributed by atoms with Gasteiger partial charge in [-0.3, -0.25) is 0 Å². The number of rotatable bonds is 4. The summed E-state index contributed by atoms with van der Waals surface area (Å²) in [5, 5.41) is 7.19. The van der Waals surface area contributed by atoms with Gasteiger partial charge in [-0.2, -0.15) is 0 Å². The zero-order chi connectivity index (χ0) is 14.4. The van der Waals surface area contributed by atoms with Gasteiger partial charge in [0, 0.05) is 11.0 Å². The summed E-state index contributed by atoms with van der Waals surface area (Å²) in [6.07, 6.45) is 0. The molecule has 0 bridgehead atoms. The molecule has 2 nitrogen and oxygen atoms in total. The third-order valence-electron chi connectivity index (χ3n) is 3.02. The molecule has 4 heteroatoms. The first-order valence-electron chi connectivity index (χ1n) is 6.49. The molecule has 0 spiro atoms. The van der Waals surface area contributed by atoms with Crippen LogP contribution in [-0.4, -0.2) is 5.11 Å². The molecule has 0 saturated heterocycles. The van der Waals surface area contributed by atoms with Crippen molar-refractivity contribution in [2.75, 3.05) is 0 Å². The van der Waals surface area contributed by atoms with Gasteiger partial charge in [-0.05, 0) is 36.3 Å². The maximum absolute atomic E-state index is 5.34. The van der Waals surface area contributed by atoms with Gasteiger partial charge >= 0.3 is 0 Å². The van der Waals surface area contributed by atoms with Crippen molar-refractivity contribution in [1.82, 2.24) is 10.6 Å². The van der Waals surface area contributed by atoms with Crippen molar-refractivity contribution in [3.8, 4) is 0 Å². The fraction of sp³-hybridized carbons (Fsp3) is 0.188. The summed E-state index contributed by atoms with van der Waals surface area (Å²) in [5.41, 5.74) is 2.40. The zero-order valence-electron chi connectivity index (χ0n) is 11.3. The van der Waals surface area contributed by atoms with Crippen LogP contribution in [0.3, 0.4) is 0 Å². The number of benzene rings is 2. The van der Waals surface area contributed by atoms with E-state index in [9.17, 15) is 0 Å². The maximum Gasteiger partial charge on any atom is 0.167 e. The summed E-state index contributed by atoms with van der Waals surface area (Å²) in [6, 6.07) is 18.5. The van der Waals surface area contributed by atoms with Gasteiger partial charge in [-0.25, -0.2) is 0 Å². The molecule has 2 aromatic carbocycles. The SMILES string of the molecule is C[C@H](NC(=S)NCc1ccccc1)c1ccccc1Br. The molecule has 0 amide bonds. The van der Waals surface area contributed by atoms with Crippen molar-refractivity contribution in [3.63, 3.8) is 0 Å². The van der Waals surface area contributed by atoms with Crippen LogP contribution in [0.4, 0.5) is 0 Å². The van der Waals surface area contributed by atoms with Crippen LogP contribution < -0.4 is 10.6 Å². The topological polar surface area (TPSA) is 24.1 Å². The van der Waals surface area contributed by atoms with Crippen LogP contribution in [0.1, 0.15) is 24.1 Å². The van der Waals surface area contributed by atoms with Gasteiger partial charge in [-0.15, -0.1) is 0 Å². The third kappa shape index (κ3) is 4.32. The average molecular weight is 349 g/mol. The Morgan fingerprint density at radius 3 is 2.45 bits per heavy atom. The summed E-state index contributed by atoms with van der Waals surface area (Å²) < 4.78 is 1.09. The first kappa shape index (κ1) is 15.0. The average Bonchev–Trinajstić information content (AvgIpc) is 2.46. The molecule has 0 aliphatic rings. The van der Waals surface area contributed by atoms with Gasteiger partial charge in [0.1, 0.15) is 0 Å². The molecular weight excluding hydrogens is 332 g/mol. The van der Waals surface area contributed by atoms with E-state index < -0.39 is 0 Å². The van der Waals surface area contributed by atoms with E-state index in [1.807, 2.05) is 36.4 Å². The second-order valence-corrected chi connectivity index (χ2v) is 5.82. The highest BCUT2D eigenvalue weighted by Gasteiger charge is 2.09. The molecule has 2 aromatic rings. The molecule has 104 valence electrons. The van der Waals surface area contributed by atoms with Crippen LogP contribution in [0.2, 0.25) is 0 Å². The van der Waals surface area contributed by atoms with Gasteiger partial charge < -0.3 is 10.6 Å². The minimum absolute atomic E-state index is 0.154. The van der Waals surface area contributed by atoms with Crippen molar-refractivity contribution in [1.29, 1.82) is 0 Å². The summed E-state index contributed by atoms with van der Waals surface area (Å²) in [4.78, 5) is 0. The smallest absolute Gasteiger partial charge is 0.167 e. The molecule has 0 fully saturated rings. The third-order valence-corrected chi connectivity index (χ3v) is 4.00. The van der Waals surface area contributed by atoms with Gasteiger partial charge in [0.15, 0.2) is 5.11 Å². The Hall–Kier alpha value is -1.39. The van der Waals surface area contributed by atoms with Crippen LogP contribution in [0.15, 0.2) is 59.1 Å². The second kappa shape index (κ2) is 7.41. The lowest BCUT2D eigenvalue weighted by molar-refractivity contribution is 0.695. The van der Waals surface area contributed by atoms with Gasteiger partial charge in [-0.1, -0.05) is 64.5 Å². The Morgan fingerprint density at radius 2 is 1.75 bits per heavy atom. The Bertz CT molecular complexity index is 572. The van der Waals surface area contributed by atoms with Gasteiger partial charge in [0.05, 0.1) is 6.04 Å². The Balaban J connectivity index is 1.87. The molecule has 0 saturated carbocycles. The molecule has 0 aliphatic carbocycles. The highest BCUT2D eigenvalue weighted by atomic mass is 79.9. The minimum Gasteiger partial charge on any atom is -0.359 e. The van der Waals surface area contributed by atoms with E-state index in [2.05, 4.69) is 51.7 Å². The first-order chi connectivity index (χ1) is 9.66. The van der Waals surface area contributed by atoms with Gasteiger partial charge in [0.2, 0.25) is 0 Å². The molecule has 0 aliphatic heterocycles. The number of nitrogens with one attached hydrogen (secondary N) is 2. The molecule has 0 heterocycles.